The smallest absolute Gasteiger partial charge is 0.238 e. The molecule has 0 saturated heterocycles. The second kappa shape index (κ2) is 4.31. The van der Waals surface area contributed by atoms with Gasteiger partial charge in [0, 0.05) is 13.1 Å². The fourth-order valence-corrected chi connectivity index (χ4v) is 1.82. The summed E-state index contributed by atoms with van der Waals surface area (Å²) in [6, 6.07) is 4.67. The van der Waals surface area contributed by atoms with Gasteiger partial charge in [-0.15, -0.1) is 0 Å². The summed E-state index contributed by atoms with van der Waals surface area (Å²) in [6.07, 6.45) is 0. The Balaban J connectivity index is 3.30. The lowest BCUT2D eigenvalue weighted by Gasteiger charge is -2.25. The lowest BCUT2D eigenvalue weighted by molar-refractivity contribution is 0.597. The third-order valence-corrected chi connectivity index (χ3v) is 3.40. The van der Waals surface area contributed by atoms with Crippen LogP contribution in [0.25, 0.3) is 0 Å². The quantitative estimate of drug-likeness (QED) is 0.767. The van der Waals surface area contributed by atoms with Gasteiger partial charge in [0.1, 0.15) is 0 Å². The molecule has 0 aromatic heterocycles. The van der Waals surface area contributed by atoms with E-state index in [1.54, 1.807) is 6.07 Å². The molecule has 0 atom stereocenters. The summed E-state index contributed by atoms with van der Waals surface area (Å²) in [4.78, 5) is 1.97. The van der Waals surface area contributed by atoms with Gasteiger partial charge in [0.25, 0.3) is 0 Å². The number of hydrogen-bond donors (Lipinski definition) is 2. The second-order valence-corrected chi connectivity index (χ2v) is 5.53. The number of nitrogens with zero attached hydrogens (tertiary/aromatic N) is 1. The highest BCUT2D eigenvalue weighted by Crippen LogP contribution is 2.26. The first-order valence-electron chi connectivity index (χ1n) is 4.88. The molecule has 0 heterocycles. The van der Waals surface area contributed by atoms with E-state index in [0.29, 0.717) is 11.4 Å². The molecule has 1 rings (SSSR count). The predicted molar refractivity (Wildman–Crippen MR) is 65.8 cm³/mol. The summed E-state index contributed by atoms with van der Waals surface area (Å²) in [7, 11) is -1.83. The van der Waals surface area contributed by atoms with Crippen LogP contribution in [0, 0.1) is 0 Å². The topological polar surface area (TPSA) is 89.4 Å². The van der Waals surface area contributed by atoms with Crippen molar-refractivity contribution in [1.82, 2.24) is 0 Å². The van der Waals surface area contributed by atoms with Crippen molar-refractivity contribution < 1.29 is 8.42 Å². The van der Waals surface area contributed by atoms with Crippen LogP contribution in [0.15, 0.2) is 23.1 Å². The molecule has 5 nitrogen and oxygen atoms in total. The van der Waals surface area contributed by atoms with E-state index >= 15 is 0 Å². The van der Waals surface area contributed by atoms with Crippen molar-refractivity contribution in [1.29, 1.82) is 0 Å². The van der Waals surface area contributed by atoms with Crippen LogP contribution in [0.1, 0.15) is 13.8 Å². The number of sulfonamides is 1. The van der Waals surface area contributed by atoms with Crippen LogP contribution in [0.5, 0.6) is 0 Å². The van der Waals surface area contributed by atoms with Crippen LogP contribution in [-0.4, -0.2) is 21.5 Å². The molecule has 0 saturated carbocycles. The molecule has 4 N–H and O–H groups in total. The average Bonchev–Trinajstić information content (AvgIpc) is 2.15. The minimum Gasteiger partial charge on any atom is -0.397 e. The minimum absolute atomic E-state index is 0.0733. The SMILES string of the molecule is CC(C)N(C)c1cc(S(N)(=O)=O)ccc1N. The Hall–Kier alpha value is -1.27. The Kier molecular flexibility index (Phi) is 3.44. The van der Waals surface area contributed by atoms with Gasteiger partial charge in [-0.25, -0.2) is 13.6 Å². The number of benzene rings is 1. The summed E-state index contributed by atoms with van der Waals surface area (Å²) in [5.41, 5.74) is 6.99. The molecule has 0 aliphatic carbocycles. The fourth-order valence-electron chi connectivity index (χ4n) is 1.28. The number of nitrogen functional groups attached to an aromatic ring is 1. The highest BCUT2D eigenvalue weighted by molar-refractivity contribution is 7.89. The largest absolute Gasteiger partial charge is 0.397 e. The van der Waals surface area contributed by atoms with Crippen LogP contribution in [0.4, 0.5) is 11.4 Å². The molecule has 16 heavy (non-hydrogen) atoms. The molecule has 0 amide bonds. The van der Waals surface area contributed by atoms with E-state index in [9.17, 15) is 8.42 Å². The first-order chi connectivity index (χ1) is 7.23. The van der Waals surface area contributed by atoms with Crippen molar-refractivity contribution >= 4 is 21.4 Å². The maximum absolute atomic E-state index is 11.2. The van der Waals surface area contributed by atoms with Crippen molar-refractivity contribution in [3.8, 4) is 0 Å². The highest BCUT2D eigenvalue weighted by Gasteiger charge is 2.14. The number of primary sulfonamides is 1. The van der Waals surface area contributed by atoms with Crippen molar-refractivity contribution in [3.05, 3.63) is 18.2 Å². The molecule has 0 radical (unpaired) electrons. The van der Waals surface area contributed by atoms with Crippen LogP contribution < -0.4 is 15.8 Å². The maximum Gasteiger partial charge on any atom is 0.238 e. The van der Waals surface area contributed by atoms with Crippen LogP contribution in [-0.2, 0) is 10.0 Å². The summed E-state index contributed by atoms with van der Waals surface area (Å²) >= 11 is 0. The van der Waals surface area contributed by atoms with Gasteiger partial charge in [-0.3, -0.25) is 0 Å². The first kappa shape index (κ1) is 12.8. The molecular formula is C10H17N3O2S. The summed E-state index contributed by atoms with van der Waals surface area (Å²) in [5.74, 6) is 0. The van der Waals surface area contributed by atoms with E-state index in [0.717, 1.165) is 0 Å². The lowest BCUT2D eigenvalue weighted by atomic mass is 10.2. The minimum atomic E-state index is -3.68. The molecule has 90 valence electrons. The molecule has 0 aliphatic rings. The average molecular weight is 243 g/mol. The van der Waals surface area contributed by atoms with Gasteiger partial charge in [0.15, 0.2) is 0 Å². The van der Waals surface area contributed by atoms with E-state index in [-0.39, 0.29) is 10.9 Å². The van der Waals surface area contributed by atoms with Crippen molar-refractivity contribution in [2.75, 3.05) is 17.7 Å². The lowest BCUT2D eigenvalue weighted by Crippen LogP contribution is -2.27. The Morgan fingerprint density at radius 1 is 1.31 bits per heavy atom. The molecule has 0 aliphatic heterocycles. The zero-order valence-electron chi connectivity index (χ0n) is 9.64. The molecule has 1 aromatic rings. The zero-order valence-corrected chi connectivity index (χ0v) is 10.5. The van der Waals surface area contributed by atoms with Gasteiger partial charge >= 0.3 is 0 Å². The Bertz CT molecular complexity index is 483. The number of hydrogen-bond acceptors (Lipinski definition) is 4. The number of nitrogens with two attached hydrogens (primary N) is 2. The van der Waals surface area contributed by atoms with Crippen molar-refractivity contribution in [2.45, 2.75) is 24.8 Å². The van der Waals surface area contributed by atoms with E-state index in [4.69, 9.17) is 10.9 Å². The standard InChI is InChI=1S/C10H17N3O2S/c1-7(2)13(3)10-6-8(16(12,14)15)4-5-9(10)11/h4-7H,11H2,1-3H3,(H2,12,14,15). The van der Waals surface area contributed by atoms with Crippen molar-refractivity contribution in [3.63, 3.8) is 0 Å². The maximum atomic E-state index is 11.2. The number of anilines is 2. The molecule has 0 bridgehead atoms. The molecule has 0 fully saturated rings. The van der Waals surface area contributed by atoms with Gasteiger partial charge in [0.05, 0.1) is 16.3 Å². The monoisotopic (exact) mass is 243 g/mol. The van der Waals surface area contributed by atoms with Gasteiger partial charge in [-0.2, -0.15) is 0 Å². The fraction of sp³-hybridized carbons (Fsp3) is 0.400. The van der Waals surface area contributed by atoms with E-state index in [2.05, 4.69) is 0 Å². The Morgan fingerprint density at radius 2 is 1.88 bits per heavy atom. The van der Waals surface area contributed by atoms with Gasteiger partial charge in [0.2, 0.25) is 10.0 Å². The normalized spacial score (nSPS) is 11.8. The molecule has 0 unspecified atom stereocenters. The van der Waals surface area contributed by atoms with E-state index in [1.165, 1.54) is 12.1 Å². The third kappa shape index (κ3) is 2.65. The van der Waals surface area contributed by atoms with Gasteiger partial charge in [-0.05, 0) is 32.0 Å². The second-order valence-electron chi connectivity index (χ2n) is 3.97. The Labute approximate surface area is 96.1 Å². The van der Waals surface area contributed by atoms with Gasteiger partial charge < -0.3 is 10.6 Å². The third-order valence-electron chi connectivity index (χ3n) is 2.49. The number of rotatable bonds is 3. The molecule has 6 heteroatoms. The predicted octanol–water partition coefficient (Wildman–Crippen LogP) is 0.761. The highest BCUT2D eigenvalue weighted by atomic mass is 32.2. The molecule has 0 spiro atoms. The zero-order chi connectivity index (χ0) is 12.5. The Morgan fingerprint density at radius 3 is 2.31 bits per heavy atom. The van der Waals surface area contributed by atoms with Crippen LogP contribution >= 0.6 is 0 Å². The summed E-state index contributed by atoms with van der Waals surface area (Å²) < 4.78 is 22.4. The molecular weight excluding hydrogens is 226 g/mol. The first-order valence-corrected chi connectivity index (χ1v) is 6.43. The summed E-state index contributed by atoms with van der Waals surface area (Å²) in [6.45, 7) is 3.98. The summed E-state index contributed by atoms with van der Waals surface area (Å²) in [5, 5.41) is 5.06. The van der Waals surface area contributed by atoms with Gasteiger partial charge in [-0.1, -0.05) is 0 Å². The molecule has 1 aromatic carbocycles. The van der Waals surface area contributed by atoms with Crippen LogP contribution in [0.2, 0.25) is 0 Å². The van der Waals surface area contributed by atoms with E-state index in [1.807, 2.05) is 25.8 Å². The van der Waals surface area contributed by atoms with Crippen LogP contribution in [0.3, 0.4) is 0 Å². The van der Waals surface area contributed by atoms with Crippen molar-refractivity contribution in [2.24, 2.45) is 5.14 Å². The van der Waals surface area contributed by atoms with E-state index < -0.39 is 10.0 Å².